The van der Waals surface area contributed by atoms with Gasteiger partial charge in [0.25, 0.3) is 18.1 Å². The number of esters is 1. The first-order valence-electron chi connectivity index (χ1n) is 15.5. The molecule has 274 valence electrons. The van der Waals surface area contributed by atoms with E-state index in [9.17, 15) is 34.5 Å². The van der Waals surface area contributed by atoms with Gasteiger partial charge in [-0.3, -0.25) is 14.5 Å². The number of thioether (sulfide) groups is 1. The number of hydrogen-bond acceptors (Lipinski definition) is 16. The Morgan fingerprint density at radius 2 is 1.91 bits per heavy atom. The van der Waals surface area contributed by atoms with Crippen molar-refractivity contribution in [1.29, 1.82) is 0 Å². The topological polar surface area (TPSA) is 266 Å². The van der Waals surface area contributed by atoms with Crippen LogP contribution in [-0.2, 0) is 41.9 Å². The average Bonchev–Trinajstić information content (AvgIpc) is 3.58. The van der Waals surface area contributed by atoms with Crippen LogP contribution in [0.4, 0.5) is 10.9 Å². The van der Waals surface area contributed by atoms with E-state index >= 15 is 0 Å². The second kappa shape index (κ2) is 15.5. The number of nitrogens with zero attached hydrogens (tertiary/aromatic N) is 5. The number of thiazole rings is 1. The minimum atomic E-state index is -1.82. The zero-order valence-corrected chi connectivity index (χ0v) is 29.2. The number of oxime groups is 1. The summed E-state index contributed by atoms with van der Waals surface area (Å²) in [4.78, 5) is 67.9. The van der Waals surface area contributed by atoms with Gasteiger partial charge in [0.05, 0.1) is 13.3 Å². The summed E-state index contributed by atoms with van der Waals surface area (Å²) in [5, 5.41) is 36.5. The predicted octanol–water partition coefficient (Wildman–Crippen LogP) is 1.05. The number of nitrogen functional groups attached to an aromatic ring is 2. The molecule has 0 unspecified atom stereocenters. The lowest BCUT2D eigenvalue weighted by molar-refractivity contribution is -0.691. The molecule has 6 rings (SSSR count). The SMILES string of the molecule is COc1ccc(COC(=O)C2=C(C[n+]3ccc(N)nc3)CS[C@@H]3[C@H](NC(=O)/C(=N\O[C@H](C(=O)O)c4ccc(O)c(O)c4)c4csc(N)n4)C(=O)N23)cc1. The number of aliphatic carboxylic acids is 1. The number of ether oxygens (including phenoxy) is 2. The molecule has 53 heavy (non-hydrogen) atoms. The van der Waals surface area contributed by atoms with Crippen LogP contribution in [-0.4, -0.2) is 83.9 Å². The first-order valence-corrected chi connectivity index (χ1v) is 17.4. The molecule has 0 aliphatic carbocycles. The number of methoxy groups -OCH3 is 1. The van der Waals surface area contributed by atoms with Gasteiger partial charge < -0.3 is 46.4 Å². The highest BCUT2D eigenvalue weighted by Gasteiger charge is 2.55. The molecule has 1 saturated heterocycles. The Kier molecular flexibility index (Phi) is 10.6. The number of hydrogen-bond donors (Lipinski definition) is 6. The first-order chi connectivity index (χ1) is 25.4. The third-order valence-electron chi connectivity index (χ3n) is 7.98. The Labute approximate surface area is 308 Å². The lowest BCUT2D eigenvalue weighted by Gasteiger charge is -2.49. The number of carbonyl (C=O) groups is 4. The molecule has 4 aromatic rings. The molecule has 4 heterocycles. The highest BCUT2D eigenvalue weighted by molar-refractivity contribution is 8.00. The molecule has 2 aromatic heterocycles. The molecule has 2 amide bonds. The van der Waals surface area contributed by atoms with Crippen molar-refractivity contribution in [3.05, 3.63) is 94.5 Å². The van der Waals surface area contributed by atoms with Crippen LogP contribution in [0, 0.1) is 0 Å². The number of carbonyl (C=O) groups excluding carboxylic acids is 3. The summed E-state index contributed by atoms with van der Waals surface area (Å²) < 4.78 is 12.5. The minimum Gasteiger partial charge on any atom is -0.504 e. The Morgan fingerprint density at radius 3 is 2.55 bits per heavy atom. The van der Waals surface area contributed by atoms with Crippen LogP contribution in [0.2, 0.25) is 0 Å². The number of carboxylic acid groups (broad SMARTS) is 1. The summed E-state index contributed by atoms with van der Waals surface area (Å²) in [7, 11) is 1.53. The van der Waals surface area contributed by atoms with E-state index in [2.05, 4.69) is 20.4 Å². The van der Waals surface area contributed by atoms with Gasteiger partial charge in [-0.2, -0.15) is 0 Å². The van der Waals surface area contributed by atoms with Crippen molar-refractivity contribution in [2.75, 3.05) is 24.3 Å². The standard InChI is InChI=1S/C33H30N8O10S2/c1-49-19-5-2-16(3-6-19)12-50-32(48)26-18(11-40-9-8-23(34)36-15-40)13-52-30-25(29(45)41(26)30)38-28(44)24(20-14-53-33(35)37-20)39-51-27(31(46)47)17-4-7-21(42)22(43)10-17/h2-10,14-15,25,27,30,34H,11-13H2,1H3,(H6,35,37,38,39,42,43,44,46,47)/p+1/t25-,27+,30-/m1/s1. The fourth-order valence-corrected chi connectivity index (χ4v) is 7.19. The zero-order valence-electron chi connectivity index (χ0n) is 27.6. The van der Waals surface area contributed by atoms with Crippen molar-refractivity contribution in [3.8, 4) is 17.2 Å². The van der Waals surface area contributed by atoms with E-state index in [0.29, 0.717) is 22.7 Å². The smallest absolute Gasteiger partial charge is 0.355 e. The first kappa shape index (κ1) is 36.4. The minimum absolute atomic E-state index is 0.0213. The largest absolute Gasteiger partial charge is 0.504 e. The average molecular weight is 764 g/mol. The Bertz CT molecular complexity index is 2120. The highest BCUT2D eigenvalue weighted by atomic mass is 32.2. The fourth-order valence-electron chi connectivity index (χ4n) is 5.31. The van der Waals surface area contributed by atoms with Gasteiger partial charge in [-0.05, 0) is 34.8 Å². The van der Waals surface area contributed by atoms with Crippen LogP contribution in [0.25, 0.3) is 0 Å². The van der Waals surface area contributed by atoms with Gasteiger partial charge in [-0.15, -0.1) is 23.1 Å². The molecule has 8 N–H and O–H groups in total. The van der Waals surface area contributed by atoms with E-state index < -0.39 is 58.5 Å². The lowest BCUT2D eigenvalue weighted by atomic mass is 10.0. The number of amides is 2. The van der Waals surface area contributed by atoms with Crippen LogP contribution in [0.15, 0.2) is 82.9 Å². The molecular weight excluding hydrogens is 733 g/mol. The third-order valence-corrected chi connectivity index (χ3v) is 9.99. The molecule has 0 spiro atoms. The van der Waals surface area contributed by atoms with Crippen LogP contribution in [0.1, 0.15) is 22.9 Å². The molecule has 0 radical (unpaired) electrons. The van der Waals surface area contributed by atoms with E-state index in [1.165, 1.54) is 41.5 Å². The maximum atomic E-state index is 13.8. The molecule has 1 fully saturated rings. The lowest BCUT2D eigenvalue weighted by Crippen LogP contribution is -2.71. The van der Waals surface area contributed by atoms with Crippen molar-refractivity contribution in [2.45, 2.75) is 30.7 Å². The van der Waals surface area contributed by atoms with E-state index in [0.717, 1.165) is 23.5 Å². The van der Waals surface area contributed by atoms with Crippen molar-refractivity contribution in [2.24, 2.45) is 5.16 Å². The van der Waals surface area contributed by atoms with Gasteiger partial charge in [-0.25, -0.2) is 19.1 Å². The number of rotatable bonds is 13. The van der Waals surface area contributed by atoms with E-state index in [1.807, 2.05) is 0 Å². The van der Waals surface area contributed by atoms with Crippen LogP contribution in [0.5, 0.6) is 17.2 Å². The summed E-state index contributed by atoms with van der Waals surface area (Å²) in [5.41, 5.74) is 12.1. The normalized spacial score (nSPS) is 17.3. The van der Waals surface area contributed by atoms with Crippen LogP contribution in [0.3, 0.4) is 0 Å². The number of phenolic OH excluding ortho intramolecular Hbond substituents is 2. The Balaban J connectivity index is 1.24. The van der Waals surface area contributed by atoms with Crippen LogP contribution >= 0.6 is 23.1 Å². The number of carboxylic acids is 1. The molecule has 0 saturated carbocycles. The van der Waals surface area contributed by atoms with Gasteiger partial charge >= 0.3 is 11.9 Å². The number of nitrogens with one attached hydrogen (secondary N) is 1. The number of benzene rings is 2. The summed E-state index contributed by atoms with van der Waals surface area (Å²) in [5.74, 6) is -3.74. The molecule has 18 nitrogen and oxygen atoms in total. The van der Waals surface area contributed by atoms with Gasteiger partial charge in [0.1, 0.15) is 41.7 Å². The summed E-state index contributed by atoms with van der Waals surface area (Å²) >= 11 is 2.27. The van der Waals surface area contributed by atoms with Gasteiger partial charge in [0, 0.05) is 28.3 Å². The number of aromatic hydroxyl groups is 2. The summed E-state index contributed by atoms with van der Waals surface area (Å²) in [6.07, 6.45) is 1.36. The van der Waals surface area contributed by atoms with E-state index in [1.54, 1.807) is 41.1 Å². The predicted molar refractivity (Wildman–Crippen MR) is 188 cm³/mol. The maximum Gasteiger partial charge on any atom is 0.355 e. The van der Waals surface area contributed by atoms with Gasteiger partial charge in [0.15, 0.2) is 22.3 Å². The third kappa shape index (κ3) is 7.92. The molecular formula is C33H31N8O10S2+. The molecule has 2 aliphatic heterocycles. The number of fused-ring (bicyclic) bond motifs is 1. The number of nitrogens with two attached hydrogens (primary N) is 2. The zero-order chi connectivity index (χ0) is 37.8. The van der Waals surface area contributed by atoms with E-state index in [-0.39, 0.29) is 41.0 Å². The number of phenols is 2. The molecule has 0 bridgehead atoms. The maximum absolute atomic E-state index is 13.8. The van der Waals surface area contributed by atoms with Gasteiger partial charge in [0.2, 0.25) is 11.9 Å². The van der Waals surface area contributed by atoms with Crippen molar-refractivity contribution in [3.63, 3.8) is 0 Å². The van der Waals surface area contributed by atoms with Gasteiger partial charge in [-0.1, -0.05) is 23.4 Å². The van der Waals surface area contributed by atoms with Crippen molar-refractivity contribution >= 4 is 63.5 Å². The number of β-lactam (4-membered cyclic amide) rings is 1. The van der Waals surface area contributed by atoms with Crippen molar-refractivity contribution < 1.29 is 53.4 Å². The van der Waals surface area contributed by atoms with E-state index in [4.69, 9.17) is 25.8 Å². The molecule has 20 heteroatoms. The highest BCUT2D eigenvalue weighted by Crippen LogP contribution is 2.41. The monoisotopic (exact) mass is 763 g/mol. The fraction of sp³-hybridized carbons (Fsp3) is 0.212. The molecule has 3 atom stereocenters. The quantitative estimate of drug-likeness (QED) is 0.0278. The summed E-state index contributed by atoms with van der Waals surface area (Å²) in [6.45, 7) is 0.0948. The Hall–Kier alpha value is -6.41. The Morgan fingerprint density at radius 1 is 1.13 bits per heavy atom. The number of aromatic nitrogens is 3. The number of anilines is 2. The second-order valence-corrected chi connectivity index (χ2v) is 13.5. The second-order valence-electron chi connectivity index (χ2n) is 11.5. The van der Waals surface area contributed by atoms with Crippen LogP contribution < -0.4 is 26.1 Å². The summed E-state index contributed by atoms with van der Waals surface area (Å²) in [6, 6.07) is 10.6. The van der Waals surface area contributed by atoms with Crippen molar-refractivity contribution in [1.82, 2.24) is 20.2 Å². The molecule has 2 aliphatic rings. The molecule has 2 aromatic carbocycles.